The highest BCUT2D eigenvalue weighted by Gasteiger charge is 1.96. The Morgan fingerprint density at radius 3 is 2.31 bits per heavy atom. The zero-order valence-electron chi connectivity index (χ0n) is 10.2. The summed E-state index contributed by atoms with van der Waals surface area (Å²) in [7, 11) is 5.73. The molecule has 0 N–H and O–H groups in total. The predicted octanol–water partition coefficient (Wildman–Crippen LogP) is 2.97. The maximum Gasteiger partial charge on any atom is 0.0934 e. The minimum Gasteiger partial charge on any atom is -0.378 e. The van der Waals surface area contributed by atoms with E-state index in [-0.39, 0.29) is 6.10 Å². The first-order valence-electron chi connectivity index (χ1n) is 5.28. The molecule has 0 aliphatic heterocycles. The number of nitrogens with zero attached hydrogens (tertiary/aromatic N) is 1. The van der Waals surface area contributed by atoms with Crippen LogP contribution in [0.2, 0.25) is 0 Å². The van der Waals surface area contributed by atoms with Gasteiger partial charge >= 0.3 is 0 Å². The minimum atomic E-state index is -0.0199. The molecule has 0 aliphatic rings. The maximum absolute atomic E-state index is 5.17. The zero-order valence-corrected chi connectivity index (χ0v) is 10.2. The number of ether oxygens (including phenoxy) is 1. The van der Waals surface area contributed by atoms with Crippen LogP contribution in [0.1, 0.15) is 5.56 Å². The molecule has 0 saturated carbocycles. The molecule has 0 heterocycles. The van der Waals surface area contributed by atoms with Crippen molar-refractivity contribution in [2.24, 2.45) is 0 Å². The van der Waals surface area contributed by atoms with E-state index in [1.807, 2.05) is 26.2 Å². The number of rotatable bonds is 5. The first kappa shape index (κ1) is 12.5. The van der Waals surface area contributed by atoms with E-state index in [9.17, 15) is 0 Å². The monoisotopic (exact) mass is 217 g/mol. The average Bonchev–Trinajstić information content (AvgIpc) is 2.31. The first-order chi connectivity index (χ1) is 7.67. The second-order valence-corrected chi connectivity index (χ2v) is 3.78. The molecule has 86 valence electrons. The normalized spacial score (nSPS) is 12.7. The van der Waals surface area contributed by atoms with Crippen molar-refractivity contribution in [2.75, 3.05) is 26.1 Å². The topological polar surface area (TPSA) is 12.5 Å². The van der Waals surface area contributed by atoms with Crippen LogP contribution >= 0.6 is 0 Å². The number of methoxy groups -OCH3 is 1. The molecule has 1 unspecified atom stereocenters. The summed E-state index contributed by atoms with van der Waals surface area (Å²) < 4.78 is 5.17. The van der Waals surface area contributed by atoms with Crippen molar-refractivity contribution in [3.63, 3.8) is 0 Å². The largest absolute Gasteiger partial charge is 0.378 e. The smallest absolute Gasteiger partial charge is 0.0934 e. The third kappa shape index (κ3) is 3.55. The van der Waals surface area contributed by atoms with Crippen LogP contribution in [-0.4, -0.2) is 27.3 Å². The molecule has 0 radical (unpaired) electrons. The molecular formula is C14H19NO. The number of benzene rings is 1. The van der Waals surface area contributed by atoms with Crippen molar-refractivity contribution in [3.8, 4) is 0 Å². The van der Waals surface area contributed by atoms with Crippen molar-refractivity contribution >= 4 is 11.8 Å². The van der Waals surface area contributed by atoms with Crippen LogP contribution in [0.4, 0.5) is 5.69 Å². The van der Waals surface area contributed by atoms with Gasteiger partial charge in [-0.2, -0.15) is 0 Å². The highest BCUT2D eigenvalue weighted by molar-refractivity contribution is 5.55. The van der Waals surface area contributed by atoms with Gasteiger partial charge in [0, 0.05) is 26.9 Å². The predicted molar refractivity (Wildman–Crippen MR) is 70.8 cm³/mol. The Kier molecular flexibility index (Phi) is 4.80. The van der Waals surface area contributed by atoms with Crippen molar-refractivity contribution in [1.29, 1.82) is 0 Å². The molecule has 1 aromatic rings. The van der Waals surface area contributed by atoms with Crippen molar-refractivity contribution in [2.45, 2.75) is 6.10 Å². The molecule has 1 aromatic carbocycles. The van der Waals surface area contributed by atoms with Gasteiger partial charge in [0.25, 0.3) is 0 Å². The van der Waals surface area contributed by atoms with E-state index in [0.717, 1.165) is 5.56 Å². The third-order valence-corrected chi connectivity index (χ3v) is 2.39. The van der Waals surface area contributed by atoms with Crippen molar-refractivity contribution in [3.05, 3.63) is 48.6 Å². The summed E-state index contributed by atoms with van der Waals surface area (Å²) in [5.41, 5.74) is 2.36. The maximum atomic E-state index is 5.17. The first-order valence-corrected chi connectivity index (χ1v) is 5.28. The highest BCUT2D eigenvalue weighted by Crippen LogP contribution is 2.13. The molecule has 16 heavy (non-hydrogen) atoms. The molecular weight excluding hydrogens is 198 g/mol. The second kappa shape index (κ2) is 6.13. The molecule has 0 aromatic heterocycles. The van der Waals surface area contributed by atoms with E-state index in [1.165, 1.54) is 5.69 Å². The molecule has 2 heteroatoms. The molecule has 1 atom stereocenters. The fourth-order valence-corrected chi connectivity index (χ4v) is 1.34. The number of hydrogen-bond donors (Lipinski definition) is 0. The van der Waals surface area contributed by atoms with Crippen molar-refractivity contribution in [1.82, 2.24) is 0 Å². The second-order valence-electron chi connectivity index (χ2n) is 3.78. The minimum absolute atomic E-state index is 0.0199. The molecule has 0 amide bonds. The Bertz CT molecular complexity index is 352. The summed E-state index contributed by atoms with van der Waals surface area (Å²) in [4.78, 5) is 2.08. The van der Waals surface area contributed by atoms with Crippen LogP contribution in [0.25, 0.3) is 6.08 Å². The third-order valence-electron chi connectivity index (χ3n) is 2.39. The molecule has 0 saturated heterocycles. The van der Waals surface area contributed by atoms with E-state index >= 15 is 0 Å². The molecule has 0 fully saturated rings. The Morgan fingerprint density at radius 1 is 1.25 bits per heavy atom. The van der Waals surface area contributed by atoms with Gasteiger partial charge in [0.2, 0.25) is 0 Å². The van der Waals surface area contributed by atoms with Gasteiger partial charge in [-0.05, 0) is 17.7 Å². The van der Waals surface area contributed by atoms with E-state index in [4.69, 9.17) is 4.74 Å². The Hall–Kier alpha value is -1.54. The van der Waals surface area contributed by atoms with Gasteiger partial charge in [0.15, 0.2) is 0 Å². The van der Waals surface area contributed by atoms with Crippen LogP contribution in [0, 0.1) is 0 Å². The van der Waals surface area contributed by atoms with E-state index < -0.39 is 0 Å². The van der Waals surface area contributed by atoms with Crippen LogP contribution in [0.3, 0.4) is 0 Å². The lowest BCUT2D eigenvalue weighted by molar-refractivity contribution is 0.178. The van der Waals surface area contributed by atoms with Crippen LogP contribution in [0.5, 0.6) is 0 Å². The number of hydrogen-bond acceptors (Lipinski definition) is 2. The van der Waals surface area contributed by atoms with Crippen molar-refractivity contribution < 1.29 is 4.74 Å². The average molecular weight is 217 g/mol. The van der Waals surface area contributed by atoms with Gasteiger partial charge in [-0.15, -0.1) is 6.58 Å². The van der Waals surface area contributed by atoms with Gasteiger partial charge < -0.3 is 9.64 Å². The Labute approximate surface area is 97.8 Å². The molecule has 0 bridgehead atoms. The molecule has 2 nitrogen and oxygen atoms in total. The SMILES string of the molecule is C=CC(C=Cc1ccc(N(C)C)cc1)OC. The highest BCUT2D eigenvalue weighted by atomic mass is 16.5. The van der Waals surface area contributed by atoms with Crippen LogP contribution in [-0.2, 0) is 4.74 Å². The van der Waals surface area contributed by atoms with Gasteiger partial charge in [0.1, 0.15) is 0 Å². The van der Waals surface area contributed by atoms with Gasteiger partial charge in [0.05, 0.1) is 6.10 Å². The summed E-state index contributed by atoms with van der Waals surface area (Å²) in [6.07, 6.45) is 5.77. The molecule has 1 rings (SSSR count). The summed E-state index contributed by atoms with van der Waals surface area (Å²) in [5.74, 6) is 0. The lowest BCUT2D eigenvalue weighted by Gasteiger charge is -2.11. The van der Waals surface area contributed by atoms with E-state index in [0.29, 0.717) is 0 Å². The fourth-order valence-electron chi connectivity index (χ4n) is 1.34. The number of anilines is 1. The van der Waals surface area contributed by atoms with Gasteiger partial charge in [-0.1, -0.05) is 30.4 Å². The van der Waals surface area contributed by atoms with Gasteiger partial charge in [-0.3, -0.25) is 0 Å². The lowest BCUT2D eigenvalue weighted by Crippen LogP contribution is -2.07. The summed E-state index contributed by atoms with van der Waals surface area (Å²) >= 11 is 0. The zero-order chi connectivity index (χ0) is 12.0. The van der Waals surface area contributed by atoms with Crippen LogP contribution in [0.15, 0.2) is 43.0 Å². The standard InChI is InChI=1S/C14H19NO/c1-5-14(16-4)11-8-12-6-9-13(10-7-12)15(2)3/h5-11,14H,1H2,2-4H3. The summed E-state index contributed by atoms with van der Waals surface area (Å²) in [5, 5.41) is 0. The quantitative estimate of drug-likeness (QED) is 0.703. The summed E-state index contributed by atoms with van der Waals surface area (Å²) in [6.45, 7) is 3.70. The van der Waals surface area contributed by atoms with Crippen LogP contribution < -0.4 is 4.90 Å². The van der Waals surface area contributed by atoms with E-state index in [1.54, 1.807) is 13.2 Å². The van der Waals surface area contributed by atoms with Gasteiger partial charge in [-0.25, -0.2) is 0 Å². The molecule has 0 aliphatic carbocycles. The molecule has 0 spiro atoms. The Morgan fingerprint density at radius 2 is 1.88 bits per heavy atom. The fraction of sp³-hybridized carbons (Fsp3) is 0.286. The van der Waals surface area contributed by atoms with E-state index in [2.05, 4.69) is 35.7 Å². The lowest BCUT2D eigenvalue weighted by atomic mass is 10.1. The summed E-state index contributed by atoms with van der Waals surface area (Å²) in [6, 6.07) is 8.36. The Balaban J connectivity index is 2.71.